The summed E-state index contributed by atoms with van der Waals surface area (Å²) >= 11 is 0. The lowest BCUT2D eigenvalue weighted by molar-refractivity contribution is -0.119. The van der Waals surface area contributed by atoms with Crippen molar-refractivity contribution < 1.29 is 42.9 Å². The first-order valence-electron chi connectivity index (χ1n) is 19.4. The van der Waals surface area contributed by atoms with Crippen molar-refractivity contribution in [1.82, 2.24) is 14.8 Å². The van der Waals surface area contributed by atoms with Crippen LogP contribution in [0.15, 0.2) is 110 Å². The average molecular weight is 795 g/mol. The number of para-hydroxylation sites is 1. The Kier molecular flexibility index (Phi) is 22.6. The summed E-state index contributed by atoms with van der Waals surface area (Å²) in [5, 5.41) is 25.0. The first-order chi connectivity index (χ1) is 27.2. The molecule has 1 aliphatic heterocycles. The maximum absolute atomic E-state index is 13.8. The van der Waals surface area contributed by atoms with Gasteiger partial charge in [-0.1, -0.05) is 98.0 Å². The molecule has 1 unspecified atom stereocenters. The van der Waals surface area contributed by atoms with Crippen LogP contribution in [-0.2, 0) is 23.4 Å². The maximum Gasteiger partial charge on any atom is 0.379 e. The van der Waals surface area contributed by atoms with Crippen LogP contribution in [0.5, 0.6) is 5.75 Å². The highest BCUT2D eigenvalue weighted by molar-refractivity contribution is 7.54. The quantitative estimate of drug-likeness (QED) is 0.0420. The van der Waals surface area contributed by atoms with Crippen LogP contribution in [0.2, 0.25) is 0 Å². The van der Waals surface area contributed by atoms with Gasteiger partial charge in [0, 0.05) is 26.1 Å². The second-order valence-electron chi connectivity index (χ2n) is 13.1. The van der Waals surface area contributed by atoms with E-state index in [0.717, 1.165) is 49.5 Å². The molecule has 4 N–H and O–H groups in total. The molecule has 5 atom stereocenters. The molecule has 0 saturated carbocycles. The summed E-state index contributed by atoms with van der Waals surface area (Å²) in [6.07, 6.45) is 30.2. The van der Waals surface area contributed by atoms with Crippen molar-refractivity contribution in [3.63, 3.8) is 0 Å². The summed E-state index contributed by atoms with van der Waals surface area (Å²) in [7, 11) is -3.77. The van der Waals surface area contributed by atoms with Crippen molar-refractivity contribution in [3.05, 3.63) is 115 Å². The molecule has 14 heteroatoms. The van der Waals surface area contributed by atoms with Gasteiger partial charge in [-0.3, -0.25) is 14.1 Å². The number of hydrogen-bond donors (Lipinski definition) is 3. The van der Waals surface area contributed by atoms with Crippen LogP contribution in [0, 0.1) is 0 Å². The number of aliphatic hydroxyl groups is 2. The number of Topliss-reactive ketones (excluding diaryl/α,β-unsaturated/α-hetero) is 1. The lowest BCUT2D eigenvalue weighted by Crippen LogP contribution is -2.34. The predicted molar refractivity (Wildman–Crippen MR) is 217 cm³/mol. The molecule has 1 saturated heterocycles. The number of benzene rings is 1. The van der Waals surface area contributed by atoms with Crippen LogP contribution >= 0.6 is 7.60 Å². The molecule has 2 heterocycles. The maximum atomic E-state index is 13.8. The van der Waals surface area contributed by atoms with Crippen molar-refractivity contribution in [3.8, 4) is 5.75 Å². The number of amides is 1. The van der Waals surface area contributed by atoms with Gasteiger partial charge in [-0.05, 0) is 69.9 Å². The van der Waals surface area contributed by atoms with Gasteiger partial charge in [0.2, 0.25) is 5.82 Å². The Bertz CT molecular complexity index is 1650. The van der Waals surface area contributed by atoms with Gasteiger partial charge < -0.3 is 29.9 Å². The van der Waals surface area contributed by atoms with Gasteiger partial charge in [0.15, 0.2) is 6.23 Å². The van der Waals surface area contributed by atoms with Gasteiger partial charge in [-0.15, -0.1) is 5.10 Å². The second-order valence-corrected chi connectivity index (χ2v) is 15.2. The van der Waals surface area contributed by atoms with Gasteiger partial charge >= 0.3 is 7.60 Å². The fourth-order valence-electron chi connectivity index (χ4n) is 5.40. The molecule has 0 bridgehead atoms. The largest absolute Gasteiger partial charge is 0.424 e. The minimum atomic E-state index is -3.77. The fraction of sp³-hybridized carbons (Fsp3) is 0.476. The molecule has 1 amide bonds. The van der Waals surface area contributed by atoms with Crippen molar-refractivity contribution >= 4 is 19.3 Å². The number of aliphatic hydroxyl groups excluding tert-OH is 2. The van der Waals surface area contributed by atoms with Crippen molar-refractivity contribution in [2.24, 2.45) is 5.73 Å². The number of rotatable bonds is 29. The van der Waals surface area contributed by atoms with E-state index in [1.54, 1.807) is 30.3 Å². The standard InChI is InChI=1S/C42H59N4O9P/c1-2-3-4-5-6-7-8-9-10-11-12-13-14-15-16-17-18-19-21-26-35(47)27-24-30-52-31-25-32-56(51,55-36-28-22-20-23-29-36)53-33-37-38(48)39(49)42(54-37)46-34-44-41(45-46)40(43)50/h3-4,6-7,9-10,12-13,15-16,18-20,22-23,28-29,34,37-39,42,48-49H,2,5,8,11,14,17,21,24-27,30-33H2,1H3,(H2,43,50)/b4-3-,7-6-,10-9-,13-12-,16-15-,19-18-/t37-,38-,39-,42-,56?/m1/s1. The smallest absolute Gasteiger partial charge is 0.379 e. The number of ether oxygens (including phenoxy) is 2. The van der Waals surface area contributed by atoms with E-state index in [1.807, 2.05) is 6.08 Å². The van der Waals surface area contributed by atoms with Crippen LogP contribution in [-0.4, -0.2) is 81.0 Å². The number of nitrogens with two attached hydrogens (primary N) is 1. The number of ketones is 1. The zero-order valence-electron chi connectivity index (χ0n) is 32.4. The predicted octanol–water partition coefficient (Wildman–Crippen LogP) is 7.52. The van der Waals surface area contributed by atoms with Crippen molar-refractivity contribution in [1.29, 1.82) is 0 Å². The molecule has 2 aromatic rings. The number of aromatic nitrogens is 3. The van der Waals surface area contributed by atoms with E-state index in [0.29, 0.717) is 44.5 Å². The molecule has 1 aliphatic rings. The zero-order chi connectivity index (χ0) is 40.3. The molecule has 1 fully saturated rings. The lowest BCUT2D eigenvalue weighted by Gasteiger charge is -2.22. The lowest BCUT2D eigenvalue weighted by atomic mass is 10.1. The SMILES string of the molecule is CC/C=C\C/C=C\C/C=C\C/C=C\C/C=C\C/C=C\CCC(=O)CCCOCCCP(=O)(OC[C@H]1O[C@@H](n2cnc(C(N)=O)n2)[C@H](O)[C@@H]1O)Oc1ccccc1. The number of primary amides is 1. The molecule has 1 aromatic heterocycles. The van der Waals surface area contributed by atoms with Gasteiger partial charge in [0.1, 0.15) is 36.2 Å². The van der Waals surface area contributed by atoms with Gasteiger partial charge in [0.05, 0.1) is 12.8 Å². The fourth-order valence-corrected chi connectivity index (χ4v) is 7.01. The Balaban J connectivity index is 1.26. The average Bonchev–Trinajstić information content (AvgIpc) is 3.79. The van der Waals surface area contributed by atoms with E-state index in [-0.39, 0.29) is 31.0 Å². The Hall–Kier alpha value is -4.23. The monoisotopic (exact) mass is 794 g/mol. The summed E-state index contributed by atoms with van der Waals surface area (Å²) in [5.74, 6) is -0.614. The first kappa shape index (κ1) is 46.2. The molecular formula is C42H59N4O9P. The highest BCUT2D eigenvalue weighted by Gasteiger charge is 2.45. The number of hydrogen-bond acceptors (Lipinski definition) is 11. The highest BCUT2D eigenvalue weighted by atomic mass is 31.2. The molecule has 3 rings (SSSR count). The molecule has 0 radical (unpaired) electrons. The van der Waals surface area contributed by atoms with Crippen LogP contribution in [0.4, 0.5) is 0 Å². The first-order valence-corrected chi connectivity index (χ1v) is 21.2. The highest BCUT2D eigenvalue weighted by Crippen LogP contribution is 2.49. The second kappa shape index (κ2) is 27.4. The topological polar surface area (TPSA) is 185 Å². The minimum Gasteiger partial charge on any atom is -0.424 e. The summed E-state index contributed by atoms with van der Waals surface area (Å²) in [6.45, 7) is 2.44. The minimum absolute atomic E-state index is 0.00657. The van der Waals surface area contributed by atoms with Crippen molar-refractivity contribution in [2.45, 2.75) is 102 Å². The molecule has 0 aliphatic carbocycles. The van der Waals surface area contributed by atoms with E-state index in [4.69, 9.17) is 24.3 Å². The van der Waals surface area contributed by atoms with E-state index < -0.39 is 38.0 Å². The number of carbonyl (C=O) groups excluding carboxylic acids is 2. The molecule has 0 spiro atoms. The van der Waals surface area contributed by atoms with E-state index in [1.165, 1.54) is 0 Å². The number of nitrogens with zero attached hydrogens (tertiary/aromatic N) is 3. The third kappa shape index (κ3) is 18.6. The molecule has 306 valence electrons. The third-order valence-electron chi connectivity index (χ3n) is 8.40. The van der Waals surface area contributed by atoms with Gasteiger partial charge in [0.25, 0.3) is 5.91 Å². The number of allylic oxidation sites excluding steroid dienone is 12. The van der Waals surface area contributed by atoms with Gasteiger partial charge in [-0.25, -0.2) is 14.2 Å². The van der Waals surface area contributed by atoms with Crippen LogP contribution in [0.25, 0.3) is 0 Å². The van der Waals surface area contributed by atoms with E-state index in [9.17, 15) is 24.4 Å². The Morgan fingerprint density at radius 2 is 1.43 bits per heavy atom. The molecular weight excluding hydrogens is 735 g/mol. The molecule has 56 heavy (non-hydrogen) atoms. The number of carbonyl (C=O) groups is 2. The summed E-state index contributed by atoms with van der Waals surface area (Å²) in [4.78, 5) is 27.4. The third-order valence-corrected chi connectivity index (χ3v) is 10.3. The molecule has 13 nitrogen and oxygen atoms in total. The summed E-state index contributed by atoms with van der Waals surface area (Å²) < 4.78 is 37.8. The molecule has 1 aromatic carbocycles. The van der Waals surface area contributed by atoms with Crippen LogP contribution < -0.4 is 10.3 Å². The van der Waals surface area contributed by atoms with Crippen LogP contribution in [0.1, 0.15) is 94.4 Å². The van der Waals surface area contributed by atoms with Gasteiger partial charge in [-0.2, -0.15) is 0 Å². The zero-order valence-corrected chi connectivity index (χ0v) is 33.3. The van der Waals surface area contributed by atoms with E-state index in [2.05, 4.69) is 83.8 Å². The Morgan fingerprint density at radius 1 is 0.839 bits per heavy atom. The van der Waals surface area contributed by atoms with Crippen LogP contribution in [0.3, 0.4) is 0 Å². The summed E-state index contributed by atoms with van der Waals surface area (Å²) in [5.41, 5.74) is 5.20. The summed E-state index contributed by atoms with van der Waals surface area (Å²) in [6, 6.07) is 8.55. The van der Waals surface area contributed by atoms with E-state index >= 15 is 0 Å². The van der Waals surface area contributed by atoms with Crippen molar-refractivity contribution in [2.75, 3.05) is 26.0 Å². The Labute approximate surface area is 331 Å². The normalized spacial score (nSPS) is 20.1. The Morgan fingerprint density at radius 3 is 2.02 bits per heavy atom.